The first-order chi connectivity index (χ1) is 6.65. The lowest BCUT2D eigenvalue weighted by Crippen LogP contribution is -2.02. The van der Waals surface area contributed by atoms with Crippen LogP contribution in [0.1, 0.15) is 5.56 Å². The summed E-state index contributed by atoms with van der Waals surface area (Å²) >= 11 is 3.31. The predicted octanol–water partition coefficient (Wildman–Crippen LogP) is 1.63. The second-order valence-corrected chi connectivity index (χ2v) is 3.42. The fourth-order valence-electron chi connectivity index (χ4n) is 1.19. The van der Waals surface area contributed by atoms with Crippen LogP contribution in [0, 0.1) is 0 Å². The first kappa shape index (κ1) is 11.1. The number of aromatic hydroxyl groups is 1. The van der Waals surface area contributed by atoms with Gasteiger partial charge in [-0.05, 0) is 15.9 Å². The van der Waals surface area contributed by atoms with Crippen LogP contribution < -0.4 is 15.2 Å². The number of rotatable bonds is 3. The fourth-order valence-corrected chi connectivity index (χ4v) is 1.87. The maximum absolute atomic E-state index is 9.60. The van der Waals surface area contributed by atoms with Crippen molar-refractivity contribution >= 4 is 15.9 Å². The van der Waals surface area contributed by atoms with Crippen molar-refractivity contribution in [2.75, 3.05) is 14.2 Å². The maximum atomic E-state index is 9.60. The number of hydrogen-bond donors (Lipinski definition) is 2. The van der Waals surface area contributed by atoms with Gasteiger partial charge in [0.05, 0.1) is 19.8 Å². The Kier molecular flexibility index (Phi) is 3.60. The molecule has 1 aromatic rings. The van der Waals surface area contributed by atoms with E-state index in [1.54, 1.807) is 0 Å². The van der Waals surface area contributed by atoms with Crippen LogP contribution in [0.5, 0.6) is 17.2 Å². The summed E-state index contributed by atoms with van der Waals surface area (Å²) in [7, 11) is 3.03. The van der Waals surface area contributed by atoms with Crippen LogP contribution in [-0.4, -0.2) is 19.3 Å². The van der Waals surface area contributed by atoms with E-state index in [2.05, 4.69) is 15.9 Å². The summed E-state index contributed by atoms with van der Waals surface area (Å²) in [5.41, 5.74) is 6.04. The van der Waals surface area contributed by atoms with Gasteiger partial charge >= 0.3 is 0 Å². The van der Waals surface area contributed by atoms with E-state index in [1.165, 1.54) is 20.3 Å². The SMILES string of the molecule is COc1cc(O)c(CN)c(OC)c1Br. The topological polar surface area (TPSA) is 64.7 Å². The second kappa shape index (κ2) is 4.52. The Hall–Kier alpha value is -0.940. The highest BCUT2D eigenvalue weighted by Crippen LogP contribution is 2.41. The zero-order valence-corrected chi connectivity index (χ0v) is 9.59. The van der Waals surface area contributed by atoms with Gasteiger partial charge in [-0.15, -0.1) is 0 Å². The van der Waals surface area contributed by atoms with Crippen LogP contribution in [-0.2, 0) is 6.54 Å². The molecule has 1 rings (SSSR count). The molecule has 0 atom stereocenters. The average molecular weight is 262 g/mol. The molecule has 0 radical (unpaired) electrons. The molecule has 3 N–H and O–H groups in total. The Balaban J connectivity index is 3.40. The molecular weight excluding hydrogens is 250 g/mol. The lowest BCUT2D eigenvalue weighted by atomic mass is 10.1. The highest BCUT2D eigenvalue weighted by atomic mass is 79.9. The van der Waals surface area contributed by atoms with Gasteiger partial charge in [0.25, 0.3) is 0 Å². The van der Waals surface area contributed by atoms with Gasteiger partial charge in [0, 0.05) is 12.6 Å². The van der Waals surface area contributed by atoms with Gasteiger partial charge in [0.15, 0.2) is 0 Å². The number of nitrogens with two attached hydrogens (primary N) is 1. The summed E-state index contributed by atoms with van der Waals surface area (Å²) in [6, 6.07) is 1.49. The molecule has 0 aliphatic carbocycles. The minimum atomic E-state index is 0.0735. The zero-order chi connectivity index (χ0) is 10.7. The minimum absolute atomic E-state index is 0.0735. The van der Waals surface area contributed by atoms with Gasteiger partial charge in [-0.25, -0.2) is 0 Å². The first-order valence-electron chi connectivity index (χ1n) is 3.98. The maximum Gasteiger partial charge on any atom is 0.144 e. The number of hydrogen-bond acceptors (Lipinski definition) is 4. The molecule has 4 nitrogen and oxygen atoms in total. The van der Waals surface area contributed by atoms with E-state index in [0.717, 1.165) is 0 Å². The highest BCUT2D eigenvalue weighted by molar-refractivity contribution is 9.10. The Bertz CT molecular complexity index is 341. The van der Waals surface area contributed by atoms with E-state index < -0.39 is 0 Å². The molecule has 0 saturated carbocycles. The molecule has 14 heavy (non-hydrogen) atoms. The van der Waals surface area contributed by atoms with Crippen LogP contribution in [0.3, 0.4) is 0 Å². The molecule has 0 fully saturated rings. The molecule has 1 aromatic carbocycles. The predicted molar refractivity (Wildman–Crippen MR) is 56.8 cm³/mol. The lowest BCUT2D eigenvalue weighted by molar-refractivity contribution is 0.375. The number of methoxy groups -OCH3 is 2. The smallest absolute Gasteiger partial charge is 0.144 e. The van der Waals surface area contributed by atoms with Gasteiger partial charge < -0.3 is 20.3 Å². The Labute approximate surface area is 90.8 Å². The largest absolute Gasteiger partial charge is 0.507 e. The number of phenolic OH excluding ortho intramolecular Hbond substituents is 1. The van der Waals surface area contributed by atoms with Crippen LogP contribution in [0.4, 0.5) is 0 Å². The lowest BCUT2D eigenvalue weighted by Gasteiger charge is -2.13. The van der Waals surface area contributed by atoms with Gasteiger partial charge in [-0.2, -0.15) is 0 Å². The van der Waals surface area contributed by atoms with E-state index in [0.29, 0.717) is 21.5 Å². The molecule has 5 heteroatoms. The molecule has 0 aliphatic rings. The molecule has 0 saturated heterocycles. The standard InChI is InChI=1S/C9H12BrNO3/c1-13-7-3-6(12)5(4-11)9(14-2)8(7)10/h3,12H,4,11H2,1-2H3. The molecule has 0 heterocycles. The highest BCUT2D eigenvalue weighted by Gasteiger charge is 2.16. The molecular formula is C9H12BrNO3. The molecule has 0 aliphatic heterocycles. The number of ether oxygens (including phenoxy) is 2. The number of benzene rings is 1. The summed E-state index contributed by atoms with van der Waals surface area (Å²) in [5, 5.41) is 9.60. The molecule has 0 amide bonds. The van der Waals surface area contributed by atoms with Crippen molar-refractivity contribution in [2.24, 2.45) is 5.73 Å². The van der Waals surface area contributed by atoms with Crippen molar-refractivity contribution in [1.82, 2.24) is 0 Å². The molecule has 78 valence electrons. The third-order valence-electron chi connectivity index (χ3n) is 1.89. The van der Waals surface area contributed by atoms with Crippen LogP contribution >= 0.6 is 15.9 Å². The van der Waals surface area contributed by atoms with Crippen LogP contribution in [0.15, 0.2) is 10.5 Å². The van der Waals surface area contributed by atoms with E-state index in [1.807, 2.05) is 0 Å². The quantitative estimate of drug-likeness (QED) is 0.868. The van der Waals surface area contributed by atoms with Gasteiger partial charge in [0.1, 0.15) is 21.7 Å². The van der Waals surface area contributed by atoms with Crippen molar-refractivity contribution in [3.8, 4) is 17.2 Å². The minimum Gasteiger partial charge on any atom is -0.507 e. The summed E-state index contributed by atoms with van der Waals surface area (Å²) < 4.78 is 10.8. The fraction of sp³-hybridized carbons (Fsp3) is 0.333. The van der Waals surface area contributed by atoms with Crippen molar-refractivity contribution in [3.05, 3.63) is 16.1 Å². The Morgan fingerprint density at radius 3 is 2.50 bits per heavy atom. The van der Waals surface area contributed by atoms with E-state index in [9.17, 15) is 5.11 Å². The van der Waals surface area contributed by atoms with Crippen molar-refractivity contribution < 1.29 is 14.6 Å². The van der Waals surface area contributed by atoms with Gasteiger partial charge in [-0.3, -0.25) is 0 Å². The zero-order valence-electron chi connectivity index (χ0n) is 8.00. The van der Waals surface area contributed by atoms with Crippen molar-refractivity contribution in [1.29, 1.82) is 0 Å². The Morgan fingerprint density at radius 1 is 1.43 bits per heavy atom. The third kappa shape index (κ3) is 1.78. The van der Waals surface area contributed by atoms with Gasteiger partial charge in [-0.1, -0.05) is 0 Å². The van der Waals surface area contributed by atoms with E-state index in [4.69, 9.17) is 15.2 Å². The normalized spacial score (nSPS) is 10.0. The Morgan fingerprint density at radius 2 is 2.07 bits per heavy atom. The van der Waals surface area contributed by atoms with Crippen molar-refractivity contribution in [3.63, 3.8) is 0 Å². The molecule has 0 aromatic heterocycles. The summed E-state index contributed by atoms with van der Waals surface area (Å²) in [5.74, 6) is 1.09. The molecule has 0 unspecified atom stereocenters. The van der Waals surface area contributed by atoms with E-state index >= 15 is 0 Å². The summed E-state index contributed by atoms with van der Waals surface area (Å²) in [4.78, 5) is 0. The summed E-state index contributed by atoms with van der Waals surface area (Å²) in [6.07, 6.45) is 0. The second-order valence-electron chi connectivity index (χ2n) is 2.63. The van der Waals surface area contributed by atoms with Crippen LogP contribution in [0.2, 0.25) is 0 Å². The molecule has 0 bridgehead atoms. The van der Waals surface area contributed by atoms with Gasteiger partial charge in [0.2, 0.25) is 0 Å². The third-order valence-corrected chi connectivity index (χ3v) is 2.65. The van der Waals surface area contributed by atoms with E-state index in [-0.39, 0.29) is 12.3 Å². The number of halogens is 1. The molecule has 0 spiro atoms. The average Bonchev–Trinajstić information content (AvgIpc) is 2.20. The monoisotopic (exact) mass is 261 g/mol. The number of phenols is 1. The summed E-state index contributed by atoms with van der Waals surface area (Å²) in [6.45, 7) is 0.206. The first-order valence-corrected chi connectivity index (χ1v) is 4.77. The van der Waals surface area contributed by atoms with Crippen LogP contribution in [0.25, 0.3) is 0 Å². The van der Waals surface area contributed by atoms with Crippen molar-refractivity contribution in [2.45, 2.75) is 6.54 Å².